The average molecular weight is 370 g/mol. The lowest BCUT2D eigenvalue weighted by molar-refractivity contribution is -0.131. The molecule has 0 bridgehead atoms. The molecule has 1 aliphatic rings. The molecular formula is C15H20BrN3O3. The van der Waals surface area contributed by atoms with E-state index < -0.39 is 6.10 Å². The Kier molecular flexibility index (Phi) is 6.35. The molecule has 1 saturated heterocycles. The van der Waals surface area contributed by atoms with Crippen LogP contribution in [0, 0.1) is 0 Å². The molecule has 1 aromatic carbocycles. The summed E-state index contributed by atoms with van der Waals surface area (Å²) in [5.74, 6) is -0.317. The molecule has 1 fully saturated rings. The van der Waals surface area contributed by atoms with Gasteiger partial charge in [-0.05, 0) is 37.1 Å². The molecule has 1 heterocycles. The predicted molar refractivity (Wildman–Crippen MR) is 87.3 cm³/mol. The van der Waals surface area contributed by atoms with Crippen LogP contribution >= 0.6 is 15.9 Å². The number of anilines is 1. The Hall–Kier alpha value is -1.44. The van der Waals surface area contributed by atoms with Crippen LogP contribution in [-0.2, 0) is 14.3 Å². The minimum atomic E-state index is -0.442. The number of halogens is 1. The molecule has 0 aliphatic carbocycles. The van der Waals surface area contributed by atoms with Crippen LogP contribution in [0.2, 0.25) is 0 Å². The summed E-state index contributed by atoms with van der Waals surface area (Å²) in [4.78, 5) is 23.6. The third-order valence-electron chi connectivity index (χ3n) is 3.44. The lowest BCUT2D eigenvalue weighted by Gasteiger charge is -2.12. The second-order valence-electron chi connectivity index (χ2n) is 5.16. The van der Waals surface area contributed by atoms with E-state index in [2.05, 4.69) is 26.6 Å². The summed E-state index contributed by atoms with van der Waals surface area (Å²) < 4.78 is 6.44. The zero-order valence-corrected chi connectivity index (χ0v) is 13.8. The normalized spacial score (nSPS) is 20.6. The highest BCUT2D eigenvalue weighted by molar-refractivity contribution is 9.10. The molecule has 0 radical (unpaired) electrons. The standard InChI is InChI=1S/C15H20BrN3O3/c16-10-1-3-11(4-2-10)19-14(20)7-8-18-15(21)13-6-5-12(9-17)22-13/h1-4,12-13H,5-9,17H2,(H,18,21)(H,19,20)/t12-,13+/m1/s1. The van der Waals surface area contributed by atoms with Crippen molar-refractivity contribution in [1.82, 2.24) is 5.32 Å². The van der Waals surface area contributed by atoms with E-state index in [0.29, 0.717) is 13.0 Å². The largest absolute Gasteiger partial charge is 0.364 e. The fourth-order valence-electron chi connectivity index (χ4n) is 2.24. The molecule has 0 aromatic heterocycles. The Morgan fingerprint density at radius 3 is 2.64 bits per heavy atom. The van der Waals surface area contributed by atoms with Crippen molar-refractivity contribution in [2.45, 2.75) is 31.5 Å². The Bertz CT molecular complexity index is 521. The van der Waals surface area contributed by atoms with E-state index in [1.807, 2.05) is 12.1 Å². The van der Waals surface area contributed by atoms with Crippen LogP contribution in [0.5, 0.6) is 0 Å². The number of hydrogen-bond acceptors (Lipinski definition) is 4. The van der Waals surface area contributed by atoms with Gasteiger partial charge < -0.3 is 21.1 Å². The molecule has 0 unspecified atom stereocenters. The summed E-state index contributed by atoms with van der Waals surface area (Å²) in [5.41, 5.74) is 6.23. The number of nitrogens with one attached hydrogen (secondary N) is 2. The Balaban J connectivity index is 1.66. The number of rotatable bonds is 6. The van der Waals surface area contributed by atoms with Crippen LogP contribution < -0.4 is 16.4 Å². The van der Waals surface area contributed by atoms with Crippen molar-refractivity contribution in [3.05, 3.63) is 28.7 Å². The van der Waals surface area contributed by atoms with Crippen molar-refractivity contribution in [2.75, 3.05) is 18.4 Å². The third kappa shape index (κ3) is 5.08. The summed E-state index contributed by atoms with van der Waals surface area (Å²) >= 11 is 3.33. The van der Waals surface area contributed by atoms with E-state index in [4.69, 9.17) is 10.5 Å². The van der Waals surface area contributed by atoms with Crippen molar-refractivity contribution < 1.29 is 14.3 Å². The van der Waals surface area contributed by atoms with Crippen molar-refractivity contribution in [1.29, 1.82) is 0 Å². The first-order valence-corrected chi connectivity index (χ1v) is 8.06. The Morgan fingerprint density at radius 2 is 2.00 bits per heavy atom. The molecule has 22 heavy (non-hydrogen) atoms. The number of carbonyl (C=O) groups is 2. The summed E-state index contributed by atoms with van der Waals surface area (Å²) in [7, 11) is 0. The van der Waals surface area contributed by atoms with Crippen LogP contribution in [0.1, 0.15) is 19.3 Å². The van der Waals surface area contributed by atoms with Gasteiger partial charge in [0.15, 0.2) is 0 Å². The molecule has 0 saturated carbocycles. The van der Waals surface area contributed by atoms with Gasteiger partial charge >= 0.3 is 0 Å². The molecule has 2 rings (SSSR count). The van der Waals surface area contributed by atoms with E-state index >= 15 is 0 Å². The maximum atomic E-state index is 11.9. The quantitative estimate of drug-likeness (QED) is 0.706. The average Bonchev–Trinajstić information content (AvgIpc) is 2.98. The number of carbonyl (C=O) groups excluding carboxylic acids is 2. The van der Waals surface area contributed by atoms with Crippen molar-refractivity contribution in [3.8, 4) is 0 Å². The number of benzene rings is 1. The van der Waals surface area contributed by atoms with Gasteiger partial charge in [0.1, 0.15) is 6.10 Å². The maximum absolute atomic E-state index is 11.9. The van der Waals surface area contributed by atoms with Gasteiger partial charge in [-0.1, -0.05) is 15.9 Å². The molecule has 1 aromatic rings. The van der Waals surface area contributed by atoms with Crippen LogP contribution in [0.15, 0.2) is 28.7 Å². The molecule has 120 valence electrons. The van der Waals surface area contributed by atoms with Crippen LogP contribution in [0.25, 0.3) is 0 Å². The Labute approximate surface area is 137 Å². The van der Waals surface area contributed by atoms with Gasteiger partial charge in [0.2, 0.25) is 11.8 Å². The Morgan fingerprint density at radius 1 is 1.27 bits per heavy atom. The van der Waals surface area contributed by atoms with Crippen molar-refractivity contribution in [2.24, 2.45) is 5.73 Å². The molecular weight excluding hydrogens is 350 g/mol. The predicted octanol–water partition coefficient (Wildman–Crippen LogP) is 1.40. The number of hydrogen-bond donors (Lipinski definition) is 3. The minimum Gasteiger partial charge on any atom is -0.364 e. The number of nitrogens with two attached hydrogens (primary N) is 1. The van der Waals surface area contributed by atoms with Gasteiger partial charge in [0.05, 0.1) is 6.10 Å². The molecule has 7 heteroatoms. The highest BCUT2D eigenvalue weighted by Gasteiger charge is 2.29. The molecule has 6 nitrogen and oxygen atoms in total. The topological polar surface area (TPSA) is 93.5 Å². The van der Waals surface area contributed by atoms with Crippen LogP contribution in [-0.4, -0.2) is 37.1 Å². The van der Waals surface area contributed by atoms with E-state index in [1.165, 1.54) is 0 Å². The summed E-state index contributed by atoms with van der Waals surface area (Å²) in [6.07, 6.45) is 1.23. The third-order valence-corrected chi connectivity index (χ3v) is 3.97. The summed E-state index contributed by atoms with van der Waals surface area (Å²) in [6.45, 7) is 0.716. The minimum absolute atomic E-state index is 0.0311. The summed E-state index contributed by atoms with van der Waals surface area (Å²) in [5, 5.41) is 5.49. The molecule has 0 spiro atoms. The second kappa shape index (κ2) is 8.26. The van der Waals surface area contributed by atoms with E-state index in [9.17, 15) is 9.59 Å². The SMILES string of the molecule is NC[C@H]1CC[C@@H](C(=O)NCCC(=O)Nc2ccc(Br)cc2)O1. The monoisotopic (exact) mass is 369 g/mol. The van der Waals surface area contributed by atoms with E-state index in [-0.39, 0.29) is 30.9 Å². The van der Waals surface area contributed by atoms with Gasteiger partial charge in [0.25, 0.3) is 0 Å². The molecule has 4 N–H and O–H groups in total. The second-order valence-corrected chi connectivity index (χ2v) is 6.07. The highest BCUT2D eigenvalue weighted by Crippen LogP contribution is 2.18. The van der Waals surface area contributed by atoms with Crippen molar-refractivity contribution >= 4 is 33.4 Å². The van der Waals surface area contributed by atoms with Gasteiger partial charge in [0, 0.05) is 29.7 Å². The van der Waals surface area contributed by atoms with Gasteiger partial charge in [-0.3, -0.25) is 9.59 Å². The molecule has 2 amide bonds. The summed E-state index contributed by atoms with van der Waals surface area (Å²) in [6, 6.07) is 7.31. The lowest BCUT2D eigenvalue weighted by atomic mass is 10.2. The first-order chi connectivity index (χ1) is 10.6. The van der Waals surface area contributed by atoms with Crippen molar-refractivity contribution in [3.63, 3.8) is 0 Å². The van der Waals surface area contributed by atoms with Gasteiger partial charge in [-0.15, -0.1) is 0 Å². The first kappa shape index (κ1) is 16.9. The zero-order valence-electron chi connectivity index (χ0n) is 12.2. The number of ether oxygens (including phenoxy) is 1. The maximum Gasteiger partial charge on any atom is 0.249 e. The van der Waals surface area contributed by atoms with Gasteiger partial charge in [-0.25, -0.2) is 0 Å². The lowest BCUT2D eigenvalue weighted by Crippen LogP contribution is -2.37. The first-order valence-electron chi connectivity index (χ1n) is 7.27. The number of amides is 2. The zero-order chi connectivity index (χ0) is 15.9. The highest BCUT2D eigenvalue weighted by atomic mass is 79.9. The molecule has 1 aliphatic heterocycles. The van der Waals surface area contributed by atoms with E-state index in [1.54, 1.807) is 12.1 Å². The van der Waals surface area contributed by atoms with Crippen LogP contribution in [0.3, 0.4) is 0 Å². The van der Waals surface area contributed by atoms with E-state index in [0.717, 1.165) is 16.6 Å². The molecule has 2 atom stereocenters. The smallest absolute Gasteiger partial charge is 0.249 e. The van der Waals surface area contributed by atoms with Gasteiger partial charge in [-0.2, -0.15) is 0 Å². The fraction of sp³-hybridized carbons (Fsp3) is 0.467. The van der Waals surface area contributed by atoms with Crippen LogP contribution in [0.4, 0.5) is 5.69 Å². The fourth-order valence-corrected chi connectivity index (χ4v) is 2.51.